The molecule has 0 spiro atoms. The number of benzene rings is 1. The first-order chi connectivity index (χ1) is 8.58. The molecule has 1 aromatic carbocycles. The van der Waals surface area contributed by atoms with Gasteiger partial charge in [0, 0.05) is 10.0 Å². The quantitative estimate of drug-likeness (QED) is 0.341. The summed E-state index contributed by atoms with van der Waals surface area (Å²) in [5.74, 6) is 0.303. The fourth-order valence-corrected chi connectivity index (χ4v) is 2.09. The van der Waals surface area contributed by atoms with Crippen LogP contribution in [0.4, 0.5) is 0 Å². The Balaban J connectivity index is 2.88. The molecule has 0 saturated carbocycles. The fraction of sp³-hybridized carbons (Fsp3) is 0.400. The minimum absolute atomic E-state index is 0.222. The van der Waals surface area contributed by atoms with Crippen molar-refractivity contribution in [2.24, 2.45) is 0 Å². The summed E-state index contributed by atoms with van der Waals surface area (Å²) in [5.41, 5.74) is 3.05. The SMILES string of the molecule is CCOC(=O)/C(=C\c1ccc(C(C)C)cc1)CI. The van der Waals surface area contributed by atoms with Crippen molar-refractivity contribution in [3.63, 3.8) is 0 Å². The number of esters is 1. The Kier molecular flexibility index (Phi) is 6.39. The third-order valence-electron chi connectivity index (χ3n) is 2.63. The van der Waals surface area contributed by atoms with Crippen molar-refractivity contribution in [3.8, 4) is 0 Å². The predicted molar refractivity (Wildman–Crippen MR) is 84.0 cm³/mol. The predicted octanol–water partition coefficient (Wildman–Crippen LogP) is 4.19. The summed E-state index contributed by atoms with van der Waals surface area (Å²) < 4.78 is 5.67. The number of halogens is 1. The molecular formula is C15H19IO2. The van der Waals surface area contributed by atoms with E-state index in [1.54, 1.807) is 0 Å². The van der Waals surface area contributed by atoms with Gasteiger partial charge in [-0.05, 0) is 30.0 Å². The largest absolute Gasteiger partial charge is 0.463 e. The second-order valence-corrected chi connectivity index (χ2v) is 5.11. The van der Waals surface area contributed by atoms with E-state index in [1.165, 1.54) is 5.56 Å². The van der Waals surface area contributed by atoms with Crippen molar-refractivity contribution >= 4 is 34.6 Å². The van der Waals surface area contributed by atoms with E-state index in [-0.39, 0.29) is 5.97 Å². The molecule has 0 bridgehead atoms. The van der Waals surface area contributed by atoms with Gasteiger partial charge in [0.05, 0.1) is 6.61 Å². The minimum Gasteiger partial charge on any atom is -0.463 e. The van der Waals surface area contributed by atoms with Crippen molar-refractivity contribution in [3.05, 3.63) is 41.0 Å². The molecule has 0 aromatic heterocycles. The minimum atomic E-state index is -0.222. The summed E-state index contributed by atoms with van der Waals surface area (Å²) in [5, 5.41) is 0. The summed E-state index contributed by atoms with van der Waals surface area (Å²) in [6.07, 6.45) is 1.90. The van der Waals surface area contributed by atoms with Gasteiger partial charge >= 0.3 is 5.97 Å². The number of alkyl halides is 1. The van der Waals surface area contributed by atoms with Gasteiger partial charge in [-0.2, -0.15) is 0 Å². The molecule has 0 atom stereocenters. The van der Waals surface area contributed by atoms with Crippen LogP contribution in [0.25, 0.3) is 6.08 Å². The summed E-state index contributed by atoms with van der Waals surface area (Å²) in [4.78, 5) is 11.7. The molecule has 98 valence electrons. The van der Waals surface area contributed by atoms with Crippen LogP contribution >= 0.6 is 22.6 Å². The fourth-order valence-electron chi connectivity index (χ4n) is 1.55. The highest BCUT2D eigenvalue weighted by Gasteiger charge is 2.08. The van der Waals surface area contributed by atoms with Crippen molar-refractivity contribution in [1.82, 2.24) is 0 Å². The summed E-state index contributed by atoms with van der Waals surface area (Å²) in [6.45, 7) is 6.57. The van der Waals surface area contributed by atoms with Crippen LogP contribution in [0.1, 0.15) is 37.8 Å². The average Bonchev–Trinajstić information content (AvgIpc) is 2.36. The molecule has 0 saturated heterocycles. The van der Waals surface area contributed by atoms with Crippen LogP contribution in [0.3, 0.4) is 0 Å². The number of ether oxygens (including phenoxy) is 1. The molecule has 0 amide bonds. The number of carbonyl (C=O) groups is 1. The molecule has 18 heavy (non-hydrogen) atoms. The molecule has 0 N–H and O–H groups in total. The van der Waals surface area contributed by atoms with Gasteiger partial charge in [0.15, 0.2) is 0 Å². The molecular weight excluding hydrogens is 339 g/mol. The second kappa shape index (κ2) is 7.56. The Morgan fingerprint density at radius 1 is 1.33 bits per heavy atom. The average molecular weight is 358 g/mol. The first kappa shape index (κ1) is 15.2. The van der Waals surface area contributed by atoms with Crippen molar-refractivity contribution < 1.29 is 9.53 Å². The standard InChI is InChI=1S/C15H19IO2/c1-4-18-15(17)14(10-16)9-12-5-7-13(8-6-12)11(2)3/h5-9,11H,4,10H2,1-3H3/b14-9-. The van der Waals surface area contributed by atoms with E-state index < -0.39 is 0 Å². The van der Waals surface area contributed by atoms with E-state index in [0.717, 1.165) is 5.56 Å². The Labute approximate surface area is 123 Å². The highest BCUT2D eigenvalue weighted by atomic mass is 127. The van der Waals surface area contributed by atoms with Gasteiger partial charge in [0.25, 0.3) is 0 Å². The number of rotatable bonds is 5. The highest BCUT2D eigenvalue weighted by molar-refractivity contribution is 14.1. The van der Waals surface area contributed by atoms with E-state index in [9.17, 15) is 4.79 Å². The van der Waals surface area contributed by atoms with Gasteiger partial charge in [0.2, 0.25) is 0 Å². The summed E-state index contributed by atoms with van der Waals surface area (Å²) in [6, 6.07) is 8.29. The van der Waals surface area contributed by atoms with Crippen LogP contribution in [0.2, 0.25) is 0 Å². The molecule has 0 aliphatic heterocycles. The lowest BCUT2D eigenvalue weighted by molar-refractivity contribution is -0.138. The maximum Gasteiger partial charge on any atom is 0.334 e. The lowest BCUT2D eigenvalue weighted by atomic mass is 10.0. The lowest BCUT2D eigenvalue weighted by Gasteiger charge is -2.06. The molecule has 0 aliphatic carbocycles. The van der Waals surface area contributed by atoms with Crippen molar-refractivity contribution in [2.45, 2.75) is 26.7 Å². The Morgan fingerprint density at radius 3 is 2.39 bits per heavy atom. The number of carbonyl (C=O) groups excluding carboxylic acids is 1. The highest BCUT2D eigenvalue weighted by Crippen LogP contribution is 2.17. The Hall–Kier alpha value is -0.840. The molecule has 1 aromatic rings. The third-order valence-corrected chi connectivity index (χ3v) is 3.45. The maximum atomic E-state index is 11.7. The molecule has 1 rings (SSSR count). The van der Waals surface area contributed by atoms with Gasteiger partial charge in [-0.15, -0.1) is 0 Å². The summed E-state index contributed by atoms with van der Waals surface area (Å²) >= 11 is 2.18. The molecule has 0 unspecified atom stereocenters. The monoisotopic (exact) mass is 358 g/mol. The van der Waals surface area contributed by atoms with E-state index in [4.69, 9.17) is 4.74 Å². The first-order valence-corrected chi connectivity index (χ1v) is 7.64. The van der Waals surface area contributed by atoms with Gasteiger partial charge in [0.1, 0.15) is 0 Å². The van der Waals surface area contributed by atoms with Gasteiger partial charge in [-0.3, -0.25) is 0 Å². The van der Waals surface area contributed by atoms with E-state index in [2.05, 4.69) is 48.6 Å². The number of hydrogen-bond acceptors (Lipinski definition) is 2. The van der Waals surface area contributed by atoms with Crippen molar-refractivity contribution in [2.75, 3.05) is 11.0 Å². The Morgan fingerprint density at radius 2 is 1.94 bits per heavy atom. The second-order valence-electron chi connectivity index (χ2n) is 4.35. The van der Waals surface area contributed by atoms with Crippen LogP contribution in [0.15, 0.2) is 29.8 Å². The van der Waals surface area contributed by atoms with Crippen LogP contribution in [-0.4, -0.2) is 17.0 Å². The van der Waals surface area contributed by atoms with Crippen LogP contribution < -0.4 is 0 Å². The van der Waals surface area contributed by atoms with Crippen LogP contribution in [0, 0.1) is 0 Å². The zero-order chi connectivity index (χ0) is 13.5. The zero-order valence-electron chi connectivity index (χ0n) is 11.1. The number of hydrogen-bond donors (Lipinski definition) is 0. The van der Waals surface area contributed by atoms with Gasteiger partial charge in [-0.25, -0.2) is 4.79 Å². The molecule has 0 fully saturated rings. The molecule has 0 aliphatic rings. The van der Waals surface area contributed by atoms with E-state index >= 15 is 0 Å². The topological polar surface area (TPSA) is 26.3 Å². The van der Waals surface area contributed by atoms with Gasteiger partial charge < -0.3 is 4.74 Å². The normalized spacial score (nSPS) is 11.7. The van der Waals surface area contributed by atoms with E-state index in [0.29, 0.717) is 22.5 Å². The first-order valence-electron chi connectivity index (χ1n) is 6.12. The lowest BCUT2D eigenvalue weighted by Crippen LogP contribution is -2.08. The Bertz CT molecular complexity index is 419. The molecule has 3 heteroatoms. The van der Waals surface area contributed by atoms with Crippen LogP contribution in [-0.2, 0) is 9.53 Å². The molecule has 2 nitrogen and oxygen atoms in total. The van der Waals surface area contributed by atoms with Crippen molar-refractivity contribution in [1.29, 1.82) is 0 Å². The van der Waals surface area contributed by atoms with Gasteiger partial charge in [-0.1, -0.05) is 60.7 Å². The third kappa shape index (κ3) is 4.44. The molecule has 0 radical (unpaired) electrons. The van der Waals surface area contributed by atoms with Crippen LogP contribution in [0.5, 0.6) is 0 Å². The smallest absolute Gasteiger partial charge is 0.334 e. The summed E-state index contributed by atoms with van der Waals surface area (Å²) in [7, 11) is 0. The van der Waals surface area contributed by atoms with E-state index in [1.807, 2.05) is 25.1 Å². The maximum absolute atomic E-state index is 11.7. The zero-order valence-corrected chi connectivity index (χ0v) is 13.2. The molecule has 0 heterocycles.